The molecule has 0 spiro atoms. The normalized spacial score (nSPS) is 13.9. The highest BCUT2D eigenvalue weighted by atomic mass is 19.1. The number of piperazine rings is 1. The minimum Gasteiger partial charge on any atom is -0.494 e. The summed E-state index contributed by atoms with van der Waals surface area (Å²) in [6.45, 7) is 3.88. The number of nitrogens with zero attached hydrogens (tertiary/aromatic N) is 4. The Morgan fingerprint density at radius 2 is 1.91 bits per heavy atom. The summed E-state index contributed by atoms with van der Waals surface area (Å²) in [4.78, 5) is 24.6. The number of rotatable bonds is 7. The van der Waals surface area contributed by atoms with Gasteiger partial charge < -0.3 is 25.2 Å². The van der Waals surface area contributed by atoms with Gasteiger partial charge in [0.1, 0.15) is 5.75 Å². The molecular weight excluding hydrogens is 439 g/mol. The number of aromatic nitrogens is 2. The Bertz CT molecular complexity index is 1170. The Labute approximate surface area is 196 Å². The van der Waals surface area contributed by atoms with Crippen molar-refractivity contribution in [3.63, 3.8) is 0 Å². The second-order valence-electron chi connectivity index (χ2n) is 7.87. The van der Waals surface area contributed by atoms with Crippen molar-refractivity contribution in [1.29, 1.82) is 0 Å². The lowest BCUT2D eigenvalue weighted by Crippen LogP contribution is -2.44. The van der Waals surface area contributed by atoms with Gasteiger partial charge in [0.05, 0.1) is 19.0 Å². The summed E-state index contributed by atoms with van der Waals surface area (Å²) in [5.74, 6) is 4.85. The van der Waals surface area contributed by atoms with E-state index in [1.165, 1.54) is 6.07 Å². The maximum Gasteiger partial charge on any atom is 0.265 e. The summed E-state index contributed by atoms with van der Waals surface area (Å²) in [5, 5.41) is 5.96. The number of anilines is 5. The molecule has 5 N–H and O–H groups in total. The van der Waals surface area contributed by atoms with Crippen molar-refractivity contribution in [3.05, 3.63) is 60.0 Å². The molecule has 0 bridgehead atoms. The predicted octanol–water partition coefficient (Wildman–Crippen LogP) is 2.47. The Morgan fingerprint density at radius 1 is 1.12 bits per heavy atom. The molecule has 4 rings (SSSR count). The third kappa shape index (κ3) is 5.33. The summed E-state index contributed by atoms with van der Waals surface area (Å²) >= 11 is 0. The largest absolute Gasteiger partial charge is 0.494 e. The maximum absolute atomic E-state index is 14.4. The zero-order chi connectivity index (χ0) is 24.1. The van der Waals surface area contributed by atoms with Crippen LogP contribution in [0.3, 0.4) is 0 Å². The zero-order valence-electron chi connectivity index (χ0n) is 19.0. The first-order valence-corrected chi connectivity index (χ1v) is 10.8. The molecule has 11 heteroatoms. The van der Waals surface area contributed by atoms with Gasteiger partial charge in [-0.25, -0.2) is 15.2 Å². The SMILES string of the molecule is COc1cc(N2CCN(C)CC2)ccc1Nc1ncc(F)c(Nc2cccc(C(=O)NN)c2)n1. The monoisotopic (exact) mass is 466 g/mol. The lowest BCUT2D eigenvalue weighted by molar-refractivity contribution is 0.0953. The molecule has 3 aromatic rings. The maximum atomic E-state index is 14.4. The first kappa shape index (κ1) is 23.2. The van der Waals surface area contributed by atoms with Crippen LogP contribution in [0.4, 0.5) is 33.2 Å². The number of hydrogen-bond acceptors (Lipinski definition) is 9. The van der Waals surface area contributed by atoms with Gasteiger partial charge in [0.25, 0.3) is 5.91 Å². The number of nitrogens with two attached hydrogens (primary N) is 1. The van der Waals surface area contributed by atoms with Crippen LogP contribution in [0.2, 0.25) is 0 Å². The zero-order valence-corrected chi connectivity index (χ0v) is 19.0. The van der Waals surface area contributed by atoms with Crippen molar-refractivity contribution in [2.45, 2.75) is 0 Å². The number of methoxy groups -OCH3 is 1. The molecule has 2 aromatic carbocycles. The minimum atomic E-state index is -0.642. The Kier molecular flexibility index (Phi) is 7.04. The molecule has 0 aliphatic carbocycles. The van der Waals surface area contributed by atoms with E-state index in [1.807, 2.05) is 18.2 Å². The van der Waals surface area contributed by atoms with Crippen LogP contribution < -0.4 is 31.5 Å². The van der Waals surface area contributed by atoms with Crippen LogP contribution in [0.25, 0.3) is 0 Å². The predicted molar refractivity (Wildman–Crippen MR) is 129 cm³/mol. The lowest BCUT2D eigenvalue weighted by Gasteiger charge is -2.34. The fourth-order valence-corrected chi connectivity index (χ4v) is 3.64. The van der Waals surface area contributed by atoms with Gasteiger partial charge in [0.2, 0.25) is 5.95 Å². The first-order valence-electron chi connectivity index (χ1n) is 10.8. The van der Waals surface area contributed by atoms with E-state index in [-0.39, 0.29) is 11.8 Å². The molecule has 0 radical (unpaired) electrons. The number of likely N-dealkylation sites (N-methyl/N-ethyl adjacent to an activating group) is 1. The molecule has 1 saturated heterocycles. The molecular formula is C23H27FN8O2. The van der Waals surface area contributed by atoms with Crippen molar-refractivity contribution in [2.75, 3.05) is 55.9 Å². The number of carbonyl (C=O) groups is 1. The summed E-state index contributed by atoms with van der Waals surface area (Å²) in [7, 11) is 3.71. The van der Waals surface area contributed by atoms with Crippen LogP contribution >= 0.6 is 0 Å². The second kappa shape index (κ2) is 10.3. The highest BCUT2D eigenvalue weighted by Gasteiger charge is 2.17. The van der Waals surface area contributed by atoms with Gasteiger partial charge >= 0.3 is 0 Å². The third-order valence-electron chi connectivity index (χ3n) is 5.56. The molecule has 1 aliphatic rings. The Morgan fingerprint density at radius 3 is 2.65 bits per heavy atom. The molecule has 0 atom stereocenters. The van der Waals surface area contributed by atoms with E-state index in [0.29, 0.717) is 22.7 Å². The average molecular weight is 467 g/mol. The molecule has 34 heavy (non-hydrogen) atoms. The first-order chi connectivity index (χ1) is 16.5. The summed E-state index contributed by atoms with van der Waals surface area (Å²) in [5.41, 5.74) is 4.58. The number of amides is 1. The smallest absolute Gasteiger partial charge is 0.265 e. The van der Waals surface area contributed by atoms with Gasteiger partial charge in [-0.05, 0) is 37.4 Å². The minimum absolute atomic E-state index is 0.0455. The second-order valence-corrected chi connectivity index (χ2v) is 7.87. The fourth-order valence-electron chi connectivity index (χ4n) is 3.64. The van der Waals surface area contributed by atoms with Gasteiger partial charge in [-0.3, -0.25) is 10.2 Å². The number of hydrazine groups is 1. The molecule has 0 unspecified atom stereocenters. The van der Waals surface area contributed by atoms with Crippen molar-refractivity contribution >= 4 is 34.7 Å². The van der Waals surface area contributed by atoms with E-state index in [0.717, 1.165) is 38.1 Å². The van der Waals surface area contributed by atoms with Gasteiger partial charge in [-0.1, -0.05) is 6.07 Å². The number of ether oxygens (including phenoxy) is 1. The number of benzene rings is 2. The number of nitrogen functional groups attached to an aromatic ring is 1. The summed E-state index contributed by atoms with van der Waals surface area (Å²) in [6, 6.07) is 12.3. The van der Waals surface area contributed by atoms with E-state index in [4.69, 9.17) is 10.6 Å². The molecule has 10 nitrogen and oxygen atoms in total. The number of carbonyl (C=O) groups excluding carboxylic acids is 1. The molecule has 1 fully saturated rings. The summed E-state index contributed by atoms with van der Waals surface area (Å²) in [6.07, 6.45) is 1.07. The van der Waals surface area contributed by atoms with E-state index >= 15 is 0 Å². The third-order valence-corrected chi connectivity index (χ3v) is 5.56. The molecule has 1 aliphatic heterocycles. The van der Waals surface area contributed by atoms with E-state index in [1.54, 1.807) is 25.3 Å². The lowest BCUT2D eigenvalue weighted by atomic mass is 10.2. The van der Waals surface area contributed by atoms with Gasteiger partial charge in [0.15, 0.2) is 11.6 Å². The Hall–Kier alpha value is -3.96. The van der Waals surface area contributed by atoms with Crippen molar-refractivity contribution in [1.82, 2.24) is 20.3 Å². The highest BCUT2D eigenvalue weighted by molar-refractivity contribution is 5.94. The van der Waals surface area contributed by atoms with Crippen molar-refractivity contribution in [3.8, 4) is 5.75 Å². The molecule has 178 valence electrons. The van der Waals surface area contributed by atoms with Crippen molar-refractivity contribution < 1.29 is 13.9 Å². The van der Waals surface area contributed by atoms with Crippen LogP contribution in [0.5, 0.6) is 5.75 Å². The molecule has 0 saturated carbocycles. The topological polar surface area (TPSA) is 121 Å². The molecule has 1 aromatic heterocycles. The van der Waals surface area contributed by atoms with Crippen molar-refractivity contribution in [2.24, 2.45) is 5.84 Å². The van der Waals surface area contributed by atoms with Gasteiger partial charge in [0, 0.05) is 49.2 Å². The van der Waals surface area contributed by atoms with Crippen LogP contribution in [0.1, 0.15) is 10.4 Å². The van der Waals surface area contributed by atoms with Crippen LogP contribution in [0, 0.1) is 5.82 Å². The number of hydrogen-bond donors (Lipinski definition) is 4. The number of halogens is 1. The Balaban J connectivity index is 1.52. The average Bonchev–Trinajstić information content (AvgIpc) is 2.86. The molecule has 1 amide bonds. The summed E-state index contributed by atoms with van der Waals surface area (Å²) < 4.78 is 20.0. The van der Waals surface area contributed by atoms with E-state index in [9.17, 15) is 9.18 Å². The fraction of sp³-hybridized carbons (Fsp3) is 0.261. The highest BCUT2D eigenvalue weighted by Crippen LogP contribution is 2.32. The van der Waals surface area contributed by atoms with Crippen LogP contribution in [-0.4, -0.2) is 61.1 Å². The van der Waals surface area contributed by atoms with E-state index in [2.05, 4.69) is 42.9 Å². The van der Waals surface area contributed by atoms with Crippen LogP contribution in [-0.2, 0) is 0 Å². The van der Waals surface area contributed by atoms with Gasteiger partial charge in [-0.2, -0.15) is 4.98 Å². The number of nitrogens with one attached hydrogen (secondary N) is 3. The van der Waals surface area contributed by atoms with E-state index < -0.39 is 11.7 Å². The molecule has 2 heterocycles. The van der Waals surface area contributed by atoms with Crippen LogP contribution in [0.15, 0.2) is 48.7 Å². The van der Waals surface area contributed by atoms with Gasteiger partial charge in [-0.15, -0.1) is 0 Å². The standard InChI is InChI=1S/C23H27FN8O2/c1-31-8-10-32(11-9-31)17-6-7-19(20(13-17)34-2)28-23-26-14-18(24)21(29-23)27-16-5-3-4-15(12-16)22(33)30-25/h3-7,12-14H,8-11,25H2,1-2H3,(H,30,33)(H2,26,27,28,29). The quantitative estimate of drug-likeness (QED) is 0.236.